The van der Waals surface area contributed by atoms with Crippen LogP contribution in [0.25, 0.3) is 0 Å². The zero-order valence-corrected chi connectivity index (χ0v) is 23.6. The summed E-state index contributed by atoms with van der Waals surface area (Å²) in [5.74, 6) is 0.972. The summed E-state index contributed by atoms with van der Waals surface area (Å²) in [6.07, 6.45) is 13.9. The van der Waals surface area contributed by atoms with Gasteiger partial charge in [-0.3, -0.25) is 0 Å². The van der Waals surface area contributed by atoms with E-state index in [9.17, 15) is 0 Å². The van der Waals surface area contributed by atoms with Gasteiger partial charge in [0, 0.05) is 10.8 Å². The van der Waals surface area contributed by atoms with E-state index in [-0.39, 0.29) is 30.3 Å². The Labute approximate surface area is 216 Å². The van der Waals surface area contributed by atoms with E-state index in [1.54, 1.807) is 0 Å². The second-order valence-corrected chi connectivity index (χ2v) is 15.5. The minimum absolute atomic E-state index is 0.0571. The molecule has 0 amide bonds. The standard InChI is InChI=1S/C28H42Cl4/c1-19-23(3,4)25(29)15-21(27(19,31)17-25)13-11-9-7-8-10-12-14-22-16-26(30)18-28(22,32)20(2)24(26,5)6/h21-22H,1-2,7-18H2,3-6H3. The molecule has 0 N–H and O–H groups in total. The first-order chi connectivity index (χ1) is 14.6. The zero-order chi connectivity index (χ0) is 23.8. The quantitative estimate of drug-likeness (QED) is 0.161. The van der Waals surface area contributed by atoms with Crippen LogP contribution in [0.5, 0.6) is 0 Å². The molecule has 0 nitrogen and oxygen atoms in total. The number of alkyl halides is 4. The maximum atomic E-state index is 7.10. The zero-order valence-electron chi connectivity index (χ0n) is 20.6. The molecule has 4 saturated carbocycles. The first kappa shape index (κ1) is 25.7. The van der Waals surface area contributed by atoms with Gasteiger partial charge in [0.2, 0.25) is 0 Å². The third-order valence-corrected chi connectivity index (χ3v) is 13.5. The van der Waals surface area contributed by atoms with Gasteiger partial charge in [-0.15, -0.1) is 46.4 Å². The summed E-state index contributed by atoms with van der Waals surface area (Å²) in [5, 5.41) is 0. The van der Waals surface area contributed by atoms with Crippen molar-refractivity contribution in [1.29, 1.82) is 0 Å². The van der Waals surface area contributed by atoms with Crippen molar-refractivity contribution in [1.82, 2.24) is 0 Å². The Hall–Kier alpha value is 0.640. The molecule has 0 radical (unpaired) electrons. The lowest BCUT2D eigenvalue weighted by Crippen LogP contribution is -2.41. The summed E-state index contributed by atoms with van der Waals surface area (Å²) in [5.41, 5.74) is 2.22. The highest BCUT2D eigenvalue weighted by Crippen LogP contribution is 2.72. The van der Waals surface area contributed by atoms with Gasteiger partial charge >= 0.3 is 0 Å². The lowest BCUT2D eigenvalue weighted by Gasteiger charge is -2.43. The summed E-state index contributed by atoms with van der Waals surface area (Å²) in [6, 6.07) is 0. The van der Waals surface area contributed by atoms with Crippen LogP contribution < -0.4 is 0 Å². The molecule has 4 bridgehead atoms. The predicted octanol–water partition coefficient (Wildman–Crippen LogP) is 10.0. The van der Waals surface area contributed by atoms with Crippen molar-refractivity contribution in [3.05, 3.63) is 24.3 Å². The van der Waals surface area contributed by atoms with Gasteiger partial charge in [-0.2, -0.15) is 0 Å². The molecule has 4 fully saturated rings. The molecule has 0 aromatic rings. The highest BCUT2D eigenvalue weighted by atomic mass is 35.5. The number of unbranched alkanes of at least 4 members (excludes halogenated alkanes) is 5. The maximum Gasteiger partial charge on any atom is 0.0704 e. The Bertz CT molecular complexity index is 733. The van der Waals surface area contributed by atoms with Gasteiger partial charge in [-0.1, -0.05) is 79.4 Å². The van der Waals surface area contributed by atoms with E-state index >= 15 is 0 Å². The lowest BCUT2D eigenvalue weighted by atomic mass is 9.68. The number of hydrogen-bond donors (Lipinski definition) is 0. The lowest BCUT2D eigenvalue weighted by molar-refractivity contribution is 0.262. The number of rotatable bonds is 9. The first-order valence-electron chi connectivity index (χ1n) is 12.8. The van der Waals surface area contributed by atoms with Gasteiger partial charge in [-0.25, -0.2) is 0 Å². The third-order valence-electron chi connectivity index (χ3n) is 10.6. The van der Waals surface area contributed by atoms with E-state index in [0.717, 1.165) is 25.7 Å². The largest absolute Gasteiger partial charge is 0.118 e. The highest BCUT2D eigenvalue weighted by molar-refractivity contribution is 6.32. The average Bonchev–Trinajstić information content (AvgIpc) is 3.22. The van der Waals surface area contributed by atoms with Crippen LogP contribution in [0.15, 0.2) is 24.3 Å². The third kappa shape index (κ3) is 3.50. The van der Waals surface area contributed by atoms with Crippen LogP contribution in [0.4, 0.5) is 0 Å². The van der Waals surface area contributed by atoms with E-state index in [1.165, 1.54) is 62.5 Å². The highest BCUT2D eigenvalue weighted by Gasteiger charge is 2.69. The van der Waals surface area contributed by atoms with E-state index in [1.807, 2.05) is 0 Å². The number of hydrogen-bond acceptors (Lipinski definition) is 0. The van der Waals surface area contributed by atoms with Gasteiger partial charge in [-0.05, 0) is 61.5 Å². The maximum absolute atomic E-state index is 7.10. The van der Waals surface area contributed by atoms with E-state index < -0.39 is 0 Å². The Morgan fingerprint density at radius 3 is 1.22 bits per heavy atom. The van der Waals surface area contributed by atoms with Gasteiger partial charge in [0.15, 0.2) is 0 Å². The van der Waals surface area contributed by atoms with E-state index in [4.69, 9.17) is 46.4 Å². The summed E-state index contributed by atoms with van der Waals surface area (Å²) < 4.78 is 0. The van der Waals surface area contributed by atoms with Gasteiger partial charge in [0.05, 0.1) is 19.5 Å². The summed E-state index contributed by atoms with van der Waals surface area (Å²) in [7, 11) is 0. The van der Waals surface area contributed by atoms with Crippen molar-refractivity contribution in [2.45, 2.75) is 124 Å². The number of halogens is 4. The van der Waals surface area contributed by atoms with Crippen LogP contribution in [-0.4, -0.2) is 19.5 Å². The Kier molecular flexibility index (Phi) is 6.49. The molecule has 0 heterocycles. The topological polar surface area (TPSA) is 0 Å². The van der Waals surface area contributed by atoms with Crippen LogP contribution in [0.2, 0.25) is 0 Å². The molecule has 182 valence electrons. The molecule has 4 heteroatoms. The summed E-state index contributed by atoms with van der Waals surface area (Å²) in [6.45, 7) is 17.6. The van der Waals surface area contributed by atoms with Crippen LogP contribution in [0.3, 0.4) is 0 Å². The van der Waals surface area contributed by atoms with E-state index in [2.05, 4.69) is 40.9 Å². The van der Waals surface area contributed by atoms with E-state index in [0.29, 0.717) is 11.8 Å². The van der Waals surface area contributed by atoms with Crippen molar-refractivity contribution < 1.29 is 0 Å². The molecule has 0 aromatic heterocycles. The predicted molar refractivity (Wildman–Crippen MR) is 143 cm³/mol. The second-order valence-electron chi connectivity index (χ2n) is 12.7. The van der Waals surface area contributed by atoms with Gasteiger partial charge in [0.25, 0.3) is 0 Å². The Balaban J connectivity index is 1.13. The monoisotopic (exact) mass is 518 g/mol. The summed E-state index contributed by atoms with van der Waals surface area (Å²) in [4.78, 5) is -0.945. The van der Waals surface area contributed by atoms with Crippen LogP contribution in [0, 0.1) is 22.7 Å². The number of allylic oxidation sites excluding steroid dienone is 2. The van der Waals surface area contributed by atoms with Crippen molar-refractivity contribution >= 4 is 46.4 Å². The fourth-order valence-electron chi connectivity index (χ4n) is 7.74. The molecule has 0 spiro atoms. The molecule has 6 atom stereocenters. The molecule has 4 rings (SSSR count). The summed E-state index contributed by atoms with van der Waals surface area (Å²) >= 11 is 28.2. The molecule has 6 unspecified atom stereocenters. The second kappa shape index (κ2) is 8.08. The minimum atomic E-state index is -0.276. The minimum Gasteiger partial charge on any atom is -0.118 e. The molecule has 0 aromatic carbocycles. The van der Waals surface area contributed by atoms with Crippen LogP contribution in [-0.2, 0) is 0 Å². The normalized spacial score (nSPS) is 45.9. The van der Waals surface area contributed by atoms with Gasteiger partial charge in [0.1, 0.15) is 0 Å². The fraction of sp³-hybridized carbons (Fsp3) is 0.857. The molecule has 0 saturated heterocycles. The molecular weight excluding hydrogens is 478 g/mol. The molecule has 4 aliphatic carbocycles. The van der Waals surface area contributed by atoms with Crippen molar-refractivity contribution in [2.24, 2.45) is 22.7 Å². The smallest absolute Gasteiger partial charge is 0.0704 e. The molecular formula is C28H42Cl4. The number of fused-ring (bicyclic) bond motifs is 4. The Morgan fingerprint density at radius 1 is 0.625 bits per heavy atom. The first-order valence-corrected chi connectivity index (χ1v) is 14.3. The van der Waals surface area contributed by atoms with Crippen molar-refractivity contribution in [2.75, 3.05) is 0 Å². The molecule has 4 aliphatic rings. The van der Waals surface area contributed by atoms with Crippen LogP contribution >= 0.6 is 46.4 Å². The molecule has 32 heavy (non-hydrogen) atoms. The fourth-order valence-corrected chi connectivity index (χ4v) is 10.2. The SMILES string of the molecule is C=C1C2(Cl)CC(Cl)(CC2CCCCCCCCC2CC3(Cl)CC2(Cl)C(=C)C3(C)C)C1(C)C. The average molecular weight is 520 g/mol. The Morgan fingerprint density at radius 2 is 0.938 bits per heavy atom. The molecule has 0 aliphatic heterocycles. The van der Waals surface area contributed by atoms with Crippen molar-refractivity contribution in [3.63, 3.8) is 0 Å². The van der Waals surface area contributed by atoms with Gasteiger partial charge < -0.3 is 0 Å². The van der Waals surface area contributed by atoms with Crippen LogP contribution in [0.1, 0.15) is 105 Å². The van der Waals surface area contributed by atoms with Crippen molar-refractivity contribution in [3.8, 4) is 0 Å².